The van der Waals surface area contributed by atoms with E-state index in [9.17, 15) is 0 Å². The SMILES string of the molecule is COc1ccc(-c2cc3ccccc3c(N(C)C)n2)cc1. The van der Waals surface area contributed by atoms with Crippen LogP contribution in [0.3, 0.4) is 0 Å². The minimum Gasteiger partial charge on any atom is -0.497 e. The van der Waals surface area contributed by atoms with Crippen molar-refractivity contribution in [3.63, 3.8) is 0 Å². The van der Waals surface area contributed by atoms with E-state index < -0.39 is 0 Å². The predicted octanol–water partition coefficient (Wildman–Crippen LogP) is 3.98. The number of hydrogen-bond acceptors (Lipinski definition) is 3. The fraction of sp³-hybridized carbons (Fsp3) is 0.167. The second kappa shape index (κ2) is 5.44. The van der Waals surface area contributed by atoms with E-state index in [0.29, 0.717) is 0 Å². The molecule has 0 saturated heterocycles. The Hall–Kier alpha value is -2.55. The van der Waals surface area contributed by atoms with Gasteiger partial charge in [-0.1, -0.05) is 24.3 Å². The Kier molecular flexibility index (Phi) is 3.48. The van der Waals surface area contributed by atoms with E-state index in [-0.39, 0.29) is 0 Å². The molecule has 0 unspecified atom stereocenters. The van der Waals surface area contributed by atoms with Gasteiger partial charge in [0.25, 0.3) is 0 Å². The quantitative estimate of drug-likeness (QED) is 0.724. The van der Waals surface area contributed by atoms with Crippen LogP contribution >= 0.6 is 0 Å². The molecule has 3 rings (SSSR count). The number of hydrogen-bond donors (Lipinski definition) is 0. The number of benzene rings is 2. The Morgan fingerprint density at radius 1 is 0.952 bits per heavy atom. The molecule has 0 aliphatic carbocycles. The number of rotatable bonds is 3. The zero-order valence-electron chi connectivity index (χ0n) is 12.5. The van der Waals surface area contributed by atoms with Crippen molar-refractivity contribution in [1.82, 2.24) is 4.98 Å². The highest BCUT2D eigenvalue weighted by molar-refractivity contribution is 5.94. The van der Waals surface area contributed by atoms with E-state index in [0.717, 1.165) is 22.8 Å². The van der Waals surface area contributed by atoms with Crippen LogP contribution in [0, 0.1) is 0 Å². The van der Waals surface area contributed by atoms with Gasteiger partial charge in [-0.15, -0.1) is 0 Å². The highest BCUT2D eigenvalue weighted by Gasteiger charge is 2.09. The van der Waals surface area contributed by atoms with Gasteiger partial charge in [0.05, 0.1) is 12.8 Å². The van der Waals surface area contributed by atoms with E-state index in [2.05, 4.69) is 29.2 Å². The molecule has 0 spiro atoms. The topological polar surface area (TPSA) is 25.4 Å². The molecule has 106 valence electrons. The van der Waals surface area contributed by atoms with Gasteiger partial charge < -0.3 is 9.64 Å². The first kappa shape index (κ1) is 13.4. The van der Waals surface area contributed by atoms with Gasteiger partial charge in [-0.2, -0.15) is 0 Å². The maximum absolute atomic E-state index is 5.21. The Labute approximate surface area is 124 Å². The van der Waals surface area contributed by atoms with Crippen LogP contribution in [-0.2, 0) is 0 Å². The van der Waals surface area contributed by atoms with Crippen molar-refractivity contribution in [2.24, 2.45) is 0 Å². The molecule has 3 heteroatoms. The number of anilines is 1. The lowest BCUT2D eigenvalue weighted by Gasteiger charge is -2.16. The summed E-state index contributed by atoms with van der Waals surface area (Å²) in [5.74, 6) is 1.84. The Morgan fingerprint density at radius 3 is 2.33 bits per heavy atom. The third-order valence-corrected chi connectivity index (χ3v) is 3.53. The maximum atomic E-state index is 5.21. The van der Waals surface area contributed by atoms with E-state index in [1.165, 1.54) is 10.8 Å². The molecule has 1 aromatic heterocycles. The molecule has 0 aliphatic heterocycles. The minimum atomic E-state index is 0.854. The average molecular weight is 278 g/mol. The van der Waals surface area contributed by atoms with Crippen LogP contribution in [0.5, 0.6) is 5.75 Å². The average Bonchev–Trinajstić information content (AvgIpc) is 2.53. The first-order chi connectivity index (χ1) is 10.2. The van der Waals surface area contributed by atoms with Crippen molar-refractivity contribution in [2.45, 2.75) is 0 Å². The summed E-state index contributed by atoms with van der Waals surface area (Å²) in [4.78, 5) is 6.86. The predicted molar refractivity (Wildman–Crippen MR) is 88.1 cm³/mol. The van der Waals surface area contributed by atoms with Crippen molar-refractivity contribution < 1.29 is 4.74 Å². The smallest absolute Gasteiger partial charge is 0.136 e. The molecule has 0 amide bonds. The molecule has 0 fully saturated rings. The third-order valence-electron chi connectivity index (χ3n) is 3.53. The summed E-state index contributed by atoms with van der Waals surface area (Å²) in [5, 5.41) is 2.36. The van der Waals surface area contributed by atoms with Crippen LogP contribution in [-0.4, -0.2) is 26.2 Å². The summed E-state index contributed by atoms with van der Waals surface area (Å²) in [6.07, 6.45) is 0. The van der Waals surface area contributed by atoms with Gasteiger partial charge in [0.15, 0.2) is 0 Å². The van der Waals surface area contributed by atoms with Gasteiger partial charge in [0.1, 0.15) is 11.6 Å². The molecule has 0 saturated carbocycles. The lowest BCUT2D eigenvalue weighted by Crippen LogP contribution is -2.11. The summed E-state index contributed by atoms with van der Waals surface area (Å²) >= 11 is 0. The third kappa shape index (κ3) is 2.55. The summed E-state index contributed by atoms with van der Waals surface area (Å²) < 4.78 is 5.21. The summed E-state index contributed by atoms with van der Waals surface area (Å²) in [7, 11) is 5.71. The maximum Gasteiger partial charge on any atom is 0.136 e. The summed E-state index contributed by atoms with van der Waals surface area (Å²) in [5.41, 5.74) is 2.06. The zero-order valence-corrected chi connectivity index (χ0v) is 12.5. The van der Waals surface area contributed by atoms with Gasteiger partial charge in [-0.25, -0.2) is 4.98 Å². The number of ether oxygens (including phenoxy) is 1. The van der Waals surface area contributed by atoms with Crippen molar-refractivity contribution in [3.8, 4) is 17.0 Å². The Bertz CT molecular complexity index is 764. The molecule has 2 aromatic carbocycles. The molecule has 0 atom stereocenters. The highest BCUT2D eigenvalue weighted by atomic mass is 16.5. The van der Waals surface area contributed by atoms with Crippen molar-refractivity contribution in [2.75, 3.05) is 26.1 Å². The van der Waals surface area contributed by atoms with Crippen LogP contribution in [0.4, 0.5) is 5.82 Å². The fourth-order valence-electron chi connectivity index (χ4n) is 2.43. The lowest BCUT2D eigenvalue weighted by molar-refractivity contribution is 0.415. The Morgan fingerprint density at radius 2 is 1.67 bits per heavy atom. The monoisotopic (exact) mass is 278 g/mol. The van der Waals surface area contributed by atoms with Crippen LogP contribution in [0.15, 0.2) is 54.6 Å². The summed E-state index contributed by atoms with van der Waals surface area (Å²) in [6.45, 7) is 0. The van der Waals surface area contributed by atoms with Crippen molar-refractivity contribution >= 4 is 16.6 Å². The van der Waals surface area contributed by atoms with Gasteiger partial charge >= 0.3 is 0 Å². The fourth-order valence-corrected chi connectivity index (χ4v) is 2.43. The van der Waals surface area contributed by atoms with Gasteiger partial charge in [0, 0.05) is 25.0 Å². The second-order valence-electron chi connectivity index (χ2n) is 5.18. The molecule has 3 aromatic rings. The van der Waals surface area contributed by atoms with E-state index >= 15 is 0 Å². The van der Waals surface area contributed by atoms with E-state index in [4.69, 9.17) is 9.72 Å². The molecule has 1 heterocycles. The highest BCUT2D eigenvalue weighted by Crippen LogP contribution is 2.29. The molecule has 0 aliphatic rings. The van der Waals surface area contributed by atoms with Gasteiger partial charge in [-0.05, 0) is 35.7 Å². The van der Waals surface area contributed by atoms with E-state index in [1.807, 2.05) is 44.4 Å². The van der Waals surface area contributed by atoms with Crippen LogP contribution in [0.1, 0.15) is 0 Å². The molecule has 3 nitrogen and oxygen atoms in total. The Balaban J connectivity index is 2.18. The number of pyridine rings is 1. The number of fused-ring (bicyclic) bond motifs is 1. The zero-order chi connectivity index (χ0) is 14.8. The van der Waals surface area contributed by atoms with Crippen LogP contribution in [0.25, 0.3) is 22.0 Å². The standard InChI is InChI=1S/C18H18N2O/c1-20(2)18-16-7-5-4-6-14(16)12-17(19-18)13-8-10-15(21-3)11-9-13/h4-12H,1-3H3. The molecule has 21 heavy (non-hydrogen) atoms. The van der Waals surface area contributed by atoms with Crippen molar-refractivity contribution in [1.29, 1.82) is 0 Å². The van der Waals surface area contributed by atoms with E-state index in [1.54, 1.807) is 7.11 Å². The first-order valence-corrected chi connectivity index (χ1v) is 6.90. The minimum absolute atomic E-state index is 0.854. The summed E-state index contributed by atoms with van der Waals surface area (Å²) in [6, 6.07) is 18.5. The molecule has 0 N–H and O–H groups in total. The number of methoxy groups -OCH3 is 1. The van der Waals surface area contributed by atoms with Crippen LogP contribution in [0.2, 0.25) is 0 Å². The second-order valence-corrected chi connectivity index (χ2v) is 5.18. The largest absolute Gasteiger partial charge is 0.497 e. The molecular formula is C18H18N2O. The van der Waals surface area contributed by atoms with Crippen molar-refractivity contribution in [3.05, 3.63) is 54.6 Å². The normalized spacial score (nSPS) is 10.6. The van der Waals surface area contributed by atoms with Crippen LogP contribution < -0.4 is 9.64 Å². The van der Waals surface area contributed by atoms with Gasteiger partial charge in [0.2, 0.25) is 0 Å². The lowest BCUT2D eigenvalue weighted by atomic mass is 10.1. The first-order valence-electron chi connectivity index (χ1n) is 6.90. The van der Waals surface area contributed by atoms with Gasteiger partial charge in [-0.3, -0.25) is 0 Å². The molecule has 0 bridgehead atoms. The molecular weight excluding hydrogens is 260 g/mol. The number of nitrogens with zero attached hydrogens (tertiary/aromatic N) is 2. The molecule has 0 radical (unpaired) electrons. The number of aromatic nitrogens is 1.